The Labute approximate surface area is 95.2 Å². The van der Waals surface area contributed by atoms with Crippen LogP contribution in [-0.4, -0.2) is 28.8 Å². The third-order valence-corrected chi connectivity index (χ3v) is 2.73. The van der Waals surface area contributed by atoms with Crippen molar-refractivity contribution in [1.82, 2.24) is 10.2 Å². The molecule has 0 aromatic carbocycles. The standard InChI is InChI=1S/C11H18N2O3/c1-3-5-7-8(6-4-2)13-10(15)9(14)12-11(13)16/h8H,3-7H2,1-2H3,(H,12,14,16). The number of hydrogen-bond acceptors (Lipinski definition) is 3. The fourth-order valence-corrected chi connectivity index (χ4v) is 1.92. The van der Waals surface area contributed by atoms with Gasteiger partial charge in [0.15, 0.2) is 0 Å². The zero-order valence-electron chi connectivity index (χ0n) is 9.78. The van der Waals surface area contributed by atoms with Crippen molar-refractivity contribution >= 4 is 17.8 Å². The predicted molar refractivity (Wildman–Crippen MR) is 58.6 cm³/mol. The minimum Gasteiger partial charge on any atom is -0.269 e. The summed E-state index contributed by atoms with van der Waals surface area (Å²) < 4.78 is 0. The molecule has 0 spiro atoms. The van der Waals surface area contributed by atoms with Gasteiger partial charge in [0, 0.05) is 6.04 Å². The molecule has 1 N–H and O–H groups in total. The molecule has 0 bridgehead atoms. The van der Waals surface area contributed by atoms with Crippen LogP contribution in [0.4, 0.5) is 4.79 Å². The van der Waals surface area contributed by atoms with Crippen LogP contribution < -0.4 is 5.32 Å². The number of rotatable bonds is 6. The lowest BCUT2D eigenvalue weighted by Gasteiger charge is -2.23. The van der Waals surface area contributed by atoms with E-state index in [2.05, 4.69) is 6.92 Å². The molecule has 0 aromatic heterocycles. The van der Waals surface area contributed by atoms with Gasteiger partial charge in [-0.3, -0.25) is 19.8 Å². The number of urea groups is 1. The molecular weight excluding hydrogens is 208 g/mol. The smallest absolute Gasteiger partial charge is 0.269 e. The molecule has 1 heterocycles. The van der Waals surface area contributed by atoms with Gasteiger partial charge >= 0.3 is 17.8 Å². The fraction of sp³-hybridized carbons (Fsp3) is 0.727. The van der Waals surface area contributed by atoms with E-state index in [1.54, 1.807) is 0 Å². The van der Waals surface area contributed by atoms with Crippen LogP contribution in [0.25, 0.3) is 0 Å². The minimum absolute atomic E-state index is 0.135. The number of unbranched alkanes of at least 4 members (excludes halogenated alkanes) is 1. The molecule has 5 nitrogen and oxygen atoms in total. The Morgan fingerprint density at radius 3 is 2.25 bits per heavy atom. The van der Waals surface area contributed by atoms with Crippen LogP contribution in [0.3, 0.4) is 0 Å². The van der Waals surface area contributed by atoms with Crippen LogP contribution in [0.1, 0.15) is 46.0 Å². The lowest BCUT2D eigenvalue weighted by molar-refractivity contribution is -0.141. The SMILES string of the molecule is CCCCC(CCC)N1C(=O)NC(=O)C1=O. The van der Waals surface area contributed by atoms with Crippen molar-refractivity contribution in [3.63, 3.8) is 0 Å². The monoisotopic (exact) mass is 226 g/mol. The summed E-state index contributed by atoms with van der Waals surface area (Å²) in [6.45, 7) is 4.05. The van der Waals surface area contributed by atoms with E-state index in [1.165, 1.54) is 0 Å². The number of amides is 4. The van der Waals surface area contributed by atoms with E-state index >= 15 is 0 Å². The van der Waals surface area contributed by atoms with Crippen molar-refractivity contribution in [3.05, 3.63) is 0 Å². The Kier molecular flexibility index (Phi) is 4.46. The van der Waals surface area contributed by atoms with E-state index in [4.69, 9.17) is 0 Å². The number of nitrogens with one attached hydrogen (secondary N) is 1. The summed E-state index contributed by atoms with van der Waals surface area (Å²) in [5.41, 5.74) is 0. The molecule has 16 heavy (non-hydrogen) atoms. The van der Waals surface area contributed by atoms with E-state index in [1.807, 2.05) is 12.2 Å². The summed E-state index contributed by atoms with van der Waals surface area (Å²) in [7, 11) is 0. The van der Waals surface area contributed by atoms with Gasteiger partial charge in [-0.05, 0) is 12.8 Å². The molecule has 1 atom stereocenters. The first-order valence-corrected chi connectivity index (χ1v) is 5.80. The quantitative estimate of drug-likeness (QED) is 0.550. The summed E-state index contributed by atoms with van der Waals surface area (Å²) in [6.07, 6.45) is 4.39. The number of nitrogens with zero attached hydrogens (tertiary/aromatic N) is 1. The molecule has 0 radical (unpaired) electrons. The molecule has 1 saturated heterocycles. The third-order valence-electron chi connectivity index (χ3n) is 2.73. The van der Waals surface area contributed by atoms with Gasteiger partial charge in [0.1, 0.15) is 0 Å². The van der Waals surface area contributed by atoms with Crippen LogP contribution in [0.15, 0.2) is 0 Å². The molecule has 4 amide bonds. The maximum absolute atomic E-state index is 11.5. The first kappa shape index (κ1) is 12.7. The van der Waals surface area contributed by atoms with Gasteiger partial charge in [-0.1, -0.05) is 33.1 Å². The molecule has 1 aliphatic rings. The van der Waals surface area contributed by atoms with Gasteiger partial charge in [-0.2, -0.15) is 0 Å². The average Bonchev–Trinajstić information content (AvgIpc) is 2.49. The number of imide groups is 2. The van der Waals surface area contributed by atoms with Crippen LogP contribution in [0.2, 0.25) is 0 Å². The second-order valence-corrected chi connectivity index (χ2v) is 4.02. The lowest BCUT2D eigenvalue weighted by atomic mass is 10.0. The summed E-state index contributed by atoms with van der Waals surface area (Å²) in [6, 6.07) is -0.701. The molecule has 0 aromatic rings. The second-order valence-electron chi connectivity index (χ2n) is 4.02. The van der Waals surface area contributed by atoms with Crippen LogP contribution >= 0.6 is 0 Å². The minimum atomic E-state index is -0.803. The number of carbonyl (C=O) groups is 3. The summed E-state index contributed by atoms with van der Waals surface area (Å²) >= 11 is 0. The zero-order chi connectivity index (χ0) is 12.1. The summed E-state index contributed by atoms with van der Waals surface area (Å²) in [5, 5.41) is 2.03. The van der Waals surface area contributed by atoms with Crippen molar-refractivity contribution in [3.8, 4) is 0 Å². The highest BCUT2D eigenvalue weighted by Gasteiger charge is 2.40. The maximum Gasteiger partial charge on any atom is 0.331 e. The van der Waals surface area contributed by atoms with E-state index in [-0.39, 0.29) is 6.04 Å². The second kappa shape index (κ2) is 5.63. The average molecular weight is 226 g/mol. The van der Waals surface area contributed by atoms with Crippen LogP contribution in [0, 0.1) is 0 Å². The zero-order valence-corrected chi connectivity index (χ0v) is 9.78. The van der Waals surface area contributed by atoms with E-state index in [0.717, 1.165) is 37.0 Å². The molecule has 0 aliphatic carbocycles. The normalized spacial score (nSPS) is 17.9. The van der Waals surface area contributed by atoms with Gasteiger partial charge in [-0.25, -0.2) is 4.79 Å². The highest BCUT2D eigenvalue weighted by molar-refractivity contribution is 6.44. The predicted octanol–water partition coefficient (Wildman–Crippen LogP) is 1.42. The van der Waals surface area contributed by atoms with Crippen LogP contribution in [-0.2, 0) is 9.59 Å². The molecule has 0 saturated carbocycles. The first-order chi connectivity index (χ1) is 7.61. The fourth-order valence-electron chi connectivity index (χ4n) is 1.92. The third kappa shape index (κ3) is 2.59. The van der Waals surface area contributed by atoms with Crippen molar-refractivity contribution in [2.75, 3.05) is 0 Å². The lowest BCUT2D eigenvalue weighted by Crippen LogP contribution is -2.40. The van der Waals surface area contributed by atoms with Gasteiger partial charge in [-0.15, -0.1) is 0 Å². The summed E-state index contributed by atoms with van der Waals surface area (Å²) in [4.78, 5) is 35.1. The number of carbonyl (C=O) groups excluding carboxylic acids is 3. The Balaban J connectivity index is 2.72. The Hall–Kier alpha value is -1.39. The van der Waals surface area contributed by atoms with Gasteiger partial charge in [0.25, 0.3) is 0 Å². The van der Waals surface area contributed by atoms with Crippen molar-refractivity contribution in [2.24, 2.45) is 0 Å². The molecule has 90 valence electrons. The molecule has 1 rings (SSSR count). The molecule has 5 heteroatoms. The largest absolute Gasteiger partial charge is 0.331 e. The van der Waals surface area contributed by atoms with Crippen LogP contribution in [0.5, 0.6) is 0 Å². The Morgan fingerprint density at radius 2 is 1.81 bits per heavy atom. The van der Waals surface area contributed by atoms with Gasteiger partial charge in [0.2, 0.25) is 0 Å². The van der Waals surface area contributed by atoms with Crippen molar-refractivity contribution < 1.29 is 14.4 Å². The molecular formula is C11H18N2O3. The highest BCUT2D eigenvalue weighted by atomic mass is 16.2. The summed E-state index contributed by atoms with van der Waals surface area (Å²) in [5.74, 6) is -1.51. The van der Waals surface area contributed by atoms with Gasteiger partial charge in [0.05, 0.1) is 0 Å². The van der Waals surface area contributed by atoms with Crippen molar-refractivity contribution in [2.45, 2.75) is 52.0 Å². The van der Waals surface area contributed by atoms with E-state index in [9.17, 15) is 14.4 Å². The first-order valence-electron chi connectivity index (χ1n) is 5.80. The Morgan fingerprint density at radius 1 is 1.12 bits per heavy atom. The molecule has 1 aliphatic heterocycles. The Bertz CT molecular complexity index is 302. The van der Waals surface area contributed by atoms with Gasteiger partial charge < -0.3 is 0 Å². The number of hydrogen-bond donors (Lipinski definition) is 1. The molecule has 1 unspecified atom stereocenters. The van der Waals surface area contributed by atoms with E-state index in [0.29, 0.717) is 0 Å². The highest BCUT2D eigenvalue weighted by Crippen LogP contribution is 2.17. The topological polar surface area (TPSA) is 66.5 Å². The van der Waals surface area contributed by atoms with Crippen molar-refractivity contribution in [1.29, 1.82) is 0 Å². The van der Waals surface area contributed by atoms with E-state index < -0.39 is 17.8 Å². The molecule has 1 fully saturated rings. The maximum atomic E-state index is 11.5.